The minimum atomic E-state index is 0.395. The van der Waals surface area contributed by atoms with Crippen LogP contribution in [0.4, 0.5) is 0 Å². The monoisotopic (exact) mass is 279 g/mol. The van der Waals surface area contributed by atoms with Gasteiger partial charge in [0, 0.05) is 6.04 Å². The molecule has 0 radical (unpaired) electrons. The van der Waals surface area contributed by atoms with Crippen molar-refractivity contribution in [2.24, 2.45) is 0 Å². The minimum absolute atomic E-state index is 0.395. The summed E-state index contributed by atoms with van der Waals surface area (Å²) in [5.74, 6) is 0.807. The predicted molar refractivity (Wildman–Crippen MR) is 89.7 cm³/mol. The Bertz CT molecular complexity index is 598. The molecule has 2 aromatic rings. The van der Waals surface area contributed by atoms with Crippen LogP contribution in [0.25, 0.3) is 0 Å². The van der Waals surface area contributed by atoms with Gasteiger partial charge in [0.15, 0.2) is 0 Å². The molecule has 1 aliphatic carbocycles. The lowest BCUT2D eigenvalue weighted by molar-refractivity contribution is 0.419. The highest BCUT2D eigenvalue weighted by Crippen LogP contribution is 2.37. The number of likely N-dealkylation sites (N-methyl/N-ethyl adjacent to an activating group) is 1. The van der Waals surface area contributed by atoms with Gasteiger partial charge in [0.1, 0.15) is 0 Å². The zero-order chi connectivity index (χ0) is 14.7. The molecule has 110 valence electrons. The van der Waals surface area contributed by atoms with Gasteiger partial charge in [-0.05, 0) is 55.8 Å². The highest BCUT2D eigenvalue weighted by molar-refractivity contribution is 5.31. The summed E-state index contributed by atoms with van der Waals surface area (Å²) >= 11 is 0. The smallest absolute Gasteiger partial charge is 0.0358 e. The summed E-state index contributed by atoms with van der Waals surface area (Å²) in [5.41, 5.74) is 5.70. The Morgan fingerprint density at radius 1 is 1.10 bits per heavy atom. The maximum Gasteiger partial charge on any atom is 0.0358 e. The Morgan fingerprint density at radius 2 is 1.90 bits per heavy atom. The summed E-state index contributed by atoms with van der Waals surface area (Å²) in [6, 6.07) is 18.4. The first kappa shape index (κ1) is 14.3. The van der Waals surface area contributed by atoms with Crippen LogP contribution >= 0.6 is 0 Å². The third-order valence-corrected chi connectivity index (χ3v) is 4.76. The number of benzene rings is 2. The van der Waals surface area contributed by atoms with Crippen molar-refractivity contribution < 1.29 is 0 Å². The third-order valence-electron chi connectivity index (χ3n) is 4.76. The number of rotatable bonds is 5. The molecule has 1 atom stereocenters. The summed E-state index contributed by atoms with van der Waals surface area (Å²) in [5, 5.41) is 3.49. The fourth-order valence-electron chi connectivity index (χ4n) is 3.23. The zero-order valence-corrected chi connectivity index (χ0v) is 13.1. The van der Waals surface area contributed by atoms with Crippen LogP contribution in [0.2, 0.25) is 0 Å². The standard InChI is InChI=1S/C20H25N/c1-15-6-3-7-16(12-15)13-20(21-2)19-11-5-10-18(14-19)17-8-4-9-17/h3,5-7,10-12,14,17,20-21H,4,8-9,13H2,1-2H3. The molecule has 2 aromatic carbocycles. The van der Waals surface area contributed by atoms with Gasteiger partial charge in [-0.3, -0.25) is 0 Å². The van der Waals surface area contributed by atoms with E-state index < -0.39 is 0 Å². The van der Waals surface area contributed by atoms with Gasteiger partial charge in [-0.25, -0.2) is 0 Å². The lowest BCUT2D eigenvalue weighted by atomic mass is 9.79. The van der Waals surface area contributed by atoms with E-state index in [1.54, 1.807) is 0 Å². The topological polar surface area (TPSA) is 12.0 Å². The van der Waals surface area contributed by atoms with Crippen LogP contribution in [0.5, 0.6) is 0 Å². The first-order chi connectivity index (χ1) is 10.3. The lowest BCUT2D eigenvalue weighted by Crippen LogP contribution is -2.19. The van der Waals surface area contributed by atoms with E-state index in [-0.39, 0.29) is 0 Å². The van der Waals surface area contributed by atoms with Crippen LogP contribution < -0.4 is 5.32 Å². The van der Waals surface area contributed by atoms with Crippen molar-refractivity contribution in [2.75, 3.05) is 7.05 Å². The molecular formula is C20H25N. The Morgan fingerprint density at radius 3 is 2.57 bits per heavy atom. The molecule has 1 nitrogen and oxygen atoms in total. The Hall–Kier alpha value is -1.60. The highest BCUT2D eigenvalue weighted by Gasteiger charge is 2.20. The highest BCUT2D eigenvalue weighted by atomic mass is 14.9. The van der Waals surface area contributed by atoms with E-state index in [2.05, 4.69) is 67.8 Å². The van der Waals surface area contributed by atoms with Gasteiger partial charge in [-0.2, -0.15) is 0 Å². The van der Waals surface area contributed by atoms with E-state index in [0.29, 0.717) is 6.04 Å². The number of nitrogens with one attached hydrogen (secondary N) is 1. The normalized spacial score (nSPS) is 16.5. The van der Waals surface area contributed by atoms with Crippen LogP contribution in [0, 0.1) is 6.92 Å². The van der Waals surface area contributed by atoms with Crippen LogP contribution in [0.3, 0.4) is 0 Å². The average Bonchev–Trinajstić information content (AvgIpc) is 2.43. The molecule has 0 saturated heterocycles. The quantitative estimate of drug-likeness (QED) is 0.831. The lowest BCUT2D eigenvalue weighted by Gasteiger charge is -2.27. The Kier molecular flexibility index (Phi) is 4.40. The Balaban J connectivity index is 1.79. The molecule has 1 N–H and O–H groups in total. The van der Waals surface area contributed by atoms with E-state index >= 15 is 0 Å². The molecular weight excluding hydrogens is 254 g/mol. The molecule has 1 unspecified atom stereocenters. The first-order valence-electron chi connectivity index (χ1n) is 8.09. The van der Waals surface area contributed by atoms with E-state index in [1.165, 1.54) is 41.5 Å². The van der Waals surface area contributed by atoms with Gasteiger partial charge in [-0.1, -0.05) is 60.5 Å². The third kappa shape index (κ3) is 3.36. The fraction of sp³-hybridized carbons (Fsp3) is 0.400. The number of hydrogen-bond donors (Lipinski definition) is 1. The molecule has 1 heteroatoms. The fourth-order valence-corrected chi connectivity index (χ4v) is 3.23. The van der Waals surface area contributed by atoms with Crippen LogP contribution in [-0.4, -0.2) is 7.05 Å². The molecule has 0 heterocycles. The van der Waals surface area contributed by atoms with E-state index in [9.17, 15) is 0 Å². The zero-order valence-electron chi connectivity index (χ0n) is 13.1. The minimum Gasteiger partial charge on any atom is -0.313 e. The second-order valence-electron chi connectivity index (χ2n) is 6.33. The van der Waals surface area contributed by atoms with Crippen molar-refractivity contribution in [2.45, 2.75) is 44.6 Å². The van der Waals surface area contributed by atoms with Gasteiger partial charge in [0.25, 0.3) is 0 Å². The Labute approximate surface area is 128 Å². The van der Waals surface area contributed by atoms with Gasteiger partial charge < -0.3 is 5.32 Å². The van der Waals surface area contributed by atoms with Crippen molar-refractivity contribution in [1.82, 2.24) is 5.32 Å². The van der Waals surface area contributed by atoms with Crippen LogP contribution in [0.15, 0.2) is 48.5 Å². The molecule has 0 bridgehead atoms. The van der Waals surface area contributed by atoms with E-state index in [4.69, 9.17) is 0 Å². The molecule has 0 amide bonds. The molecule has 0 spiro atoms. The summed E-state index contributed by atoms with van der Waals surface area (Å²) < 4.78 is 0. The maximum atomic E-state index is 3.49. The molecule has 21 heavy (non-hydrogen) atoms. The van der Waals surface area contributed by atoms with Crippen LogP contribution in [-0.2, 0) is 6.42 Å². The SMILES string of the molecule is CNC(Cc1cccc(C)c1)c1cccc(C2CCC2)c1. The van der Waals surface area contributed by atoms with Gasteiger partial charge >= 0.3 is 0 Å². The summed E-state index contributed by atoms with van der Waals surface area (Å²) in [7, 11) is 2.07. The van der Waals surface area contributed by atoms with Crippen molar-refractivity contribution in [3.63, 3.8) is 0 Å². The van der Waals surface area contributed by atoms with E-state index in [1.807, 2.05) is 0 Å². The molecule has 1 saturated carbocycles. The summed E-state index contributed by atoms with van der Waals surface area (Å²) in [4.78, 5) is 0. The average molecular weight is 279 g/mol. The maximum absolute atomic E-state index is 3.49. The summed E-state index contributed by atoms with van der Waals surface area (Å²) in [6.07, 6.45) is 5.18. The van der Waals surface area contributed by atoms with Crippen molar-refractivity contribution in [1.29, 1.82) is 0 Å². The van der Waals surface area contributed by atoms with E-state index in [0.717, 1.165) is 12.3 Å². The number of aryl methyl sites for hydroxylation is 1. The summed E-state index contributed by atoms with van der Waals surface area (Å²) in [6.45, 7) is 2.16. The second-order valence-corrected chi connectivity index (χ2v) is 6.33. The van der Waals surface area contributed by atoms with Crippen molar-refractivity contribution >= 4 is 0 Å². The molecule has 3 rings (SSSR count). The predicted octanol–water partition coefficient (Wildman–Crippen LogP) is 4.77. The first-order valence-corrected chi connectivity index (χ1v) is 8.09. The van der Waals surface area contributed by atoms with Gasteiger partial charge in [-0.15, -0.1) is 0 Å². The largest absolute Gasteiger partial charge is 0.313 e. The molecule has 1 aliphatic rings. The van der Waals surface area contributed by atoms with Crippen molar-refractivity contribution in [3.05, 3.63) is 70.8 Å². The van der Waals surface area contributed by atoms with Crippen LogP contribution in [0.1, 0.15) is 53.5 Å². The molecule has 0 aliphatic heterocycles. The van der Waals surface area contributed by atoms with Crippen molar-refractivity contribution in [3.8, 4) is 0 Å². The van der Waals surface area contributed by atoms with Gasteiger partial charge in [0.2, 0.25) is 0 Å². The molecule has 0 aromatic heterocycles. The van der Waals surface area contributed by atoms with Gasteiger partial charge in [0.05, 0.1) is 0 Å². The second kappa shape index (κ2) is 6.44. The molecule has 1 fully saturated rings. The number of hydrogen-bond acceptors (Lipinski definition) is 1.